The van der Waals surface area contributed by atoms with Gasteiger partial charge in [-0.05, 0) is 44.4 Å². The van der Waals surface area contributed by atoms with E-state index in [-0.39, 0.29) is 23.0 Å². The number of rotatable bonds is 7. The Morgan fingerprint density at radius 1 is 1.17 bits per heavy atom. The molecule has 1 fully saturated rings. The van der Waals surface area contributed by atoms with Crippen molar-refractivity contribution in [2.45, 2.75) is 50.5 Å². The minimum absolute atomic E-state index is 0.167. The molecule has 2 amide bonds. The van der Waals surface area contributed by atoms with Gasteiger partial charge in [-0.1, -0.05) is 31.0 Å². The second kappa shape index (κ2) is 8.64. The van der Waals surface area contributed by atoms with Gasteiger partial charge in [0.05, 0.1) is 17.0 Å². The molecule has 0 aliphatic heterocycles. The summed E-state index contributed by atoms with van der Waals surface area (Å²) in [7, 11) is -3.82. The van der Waals surface area contributed by atoms with Crippen molar-refractivity contribution in [3.8, 4) is 0 Å². The fourth-order valence-electron chi connectivity index (χ4n) is 3.65. The number of primary amides is 1. The lowest BCUT2D eigenvalue weighted by molar-refractivity contribution is -0.116. The molecule has 3 N–H and O–H groups in total. The van der Waals surface area contributed by atoms with E-state index in [1.165, 1.54) is 27.8 Å². The summed E-state index contributed by atoms with van der Waals surface area (Å²) in [5.41, 5.74) is 6.46. The Hall–Kier alpha value is -2.23. The minimum atomic E-state index is -3.82. The van der Waals surface area contributed by atoms with Crippen molar-refractivity contribution in [2.24, 2.45) is 5.73 Å². The lowest BCUT2D eigenvalue weighted by Crippen LogP contribution is -2.43. The van der Waals surface area contributed by atoms with Crippen molar-refractivity contribution in [2.75, 3.05) is 11.9 Å². The Labute approximate surface area is 175 Å². The van der Waals surface area contributed by atoms with Crippen LogP contribution < -0.4 is 11.1 Å². The SMILES string of the molecule is Cc1sc(NC(=O)CN(C2CCCC2)S(=O)(=O)c2ccccc2)c(C(N)=O)c1C. The molecule has 1 saturated carbocycles. The van der Waals surface area contributed by atoms with Gasteiger partial charge in [0.1, 0.15) is 5.00 Å². The molecule has 1 aromatic heterocycles. The summed E-state index contributed by atoms with van der Waals surface area (Å²) >= 11 is 1.26. The normalized spacial score (nSPS) is 15.0. The number of nitrogens with one attached hydrogen (secondary N) is 1. The topological polar surface area (TPSA) is 110 Å². The van der Waals surface area contributed by atoms with Crippen LogP contribution in [0.25, 0.3) is 0 Å². The van der Waals surface area contributed by atoms with Crippen LogP contribution in [0.2, 0.25) is 0 Å². The van der Waals surface area contributed by atoms with E-state index in [1.807, 2.05) is 6.92 Å². The molecule has 3 rings (SSSR count). The van der Waals surface area contributed by atoms with Crippen LogP contribution in [0.5, 0.6) is 0 Å². The van der Waals surface area contributed by atoms with E-state index in [0.29, 0.717) is 5.00 Å². The number of carbonyl (C=O) groups excluding carboxylic acids is 2. The first-order chi connectivity index (χ1) is 13.7. The molecule has 0 unspecified atom stereocenters. The van der Waals surface area contributed by atoms with Crippen LogP contribution in [0, 0.1) is 13.8 Å². The van der Waals surface area contributed by atoms with Crippen LogP contribution in [0.1, 0.15) is 46.5 Å². The summed E-state index contributed by atoms with van der Waals surface area (Å²) in [6, 6.07) is 7.93. The molecule has 1 aliphatic carbocycles. The van der Waals surface area contributed by atoms with E-state index in [1.54, 1.807) is 25.1 Å². The molecule has 7 nitrogen and oxygen atoms in total. The maximum atomic E-state index is 13.2. The zero-order chi connectivity index (χ0) is 21.2. The van der Waals surface area contributed by atoms with E-state index in [0.717, 1.165) is 36.1 Å². The van der Waals surface area contributed by atoms with Crippen molar-refractivity contribution in [1.29, 1.82) is 0 Å². The Morgan fingerprint density at radius 2 is 1.79 bits per heavy atom. The molecule has 0 radical (unpaired) electrons. The van der Waals surface area contributed by atoms with Crippen molar-refractivity contribution in [3.05, 3.63) is 46.3 Å². The number of sulfonamides is 1. The maximum Gasteiger partial charge on any atom is 0.251 e. The number of benzene rings is 1. The van der Waals surface area contributed by atoms with Crippen molar-refractivity contribution < 1.29 is 18.0 Å². The maximum absolute atomic E-state index is 13.2. The van der Waals surface area contributed by atoms with Crippen molar-refractivity contribution in [3.63, 3.8) is 0 Å². The number of hydrogen-bond acceptors (Lipinski definition) is 5. The Bertz CT molecular complexity index is 1010. The van der Waals surface area contributed by atoms with E-state index in [9.17, 15) is 18.0 Å². The highest BCUT2D eigenvalue weighted by Gasteiger charge is 2.35. The van der Waals surface area contributed by atoms with E-state index < -0.39 is 21.8 Å². The average Bonchev–Trinajstić information content (AvgIpc) is 3.29. The highest BCUT2D eigenvalue weighted by Crippen LogP contribution is 2.33. The molecule has 1 aliphatic rings. The van der Waals surface area contributed by atoms with Crippen LogP contribution in [0.15, 0.2) is 35.2 Å². The number of amides is 2. The van der Waals surface area contributed by atoms with Gasteiger partial charge in [-0.15, -0.1) is 11.3 Å². The third kappa shape index (κ3) is 4.52. The van der Waals surface area contributed by atoms with Gasteiger partial charge in [0.25, 0.3) is 5.91 Å². The molecule has 1 aromatic carbocycles. The smallest absolute Gasteiger partial charge is 0.251 e. The van der Waals surface area contributed by atoms with Crippen LogP contribution in [-0.4, -0.2) is 37.1 Å². The second-order valence-electron chi connectivity index (χ2n) is 7.20. The highest BCUT2D eigenvalue weighted by atomic mass is 32.2. The lowest BCUT2D eigenvalue weighted by atomic mass is 10.1. The van der Waals surface area contributed by atoms with E-state index in [4.69, 9.17) is 5.73 Å². The number of aryl methyl sites for hydroxylation is 1. The number of nitrogens with zero attached hydrogens (tertiary/aromatic N) is 1. The molecule has 0 spiro atoms. The summed E-state index contributed by atoms with van der Waals surface area (Å²) < 4.78 is 27.7. The fourth-order valence-corrected chi connectivity index (χ4v) is 6.39. The molecule has 2 aromatic rings. The molecular formula is C20H25N3O4S2. The Morgan fingerprint density at radius 3 is 2.38 bits per heavy atom. The van der Waals surface area contributed by atoms with Crippen LogP contribution >= 0.6 is 11.3 Å². The fraction of sp³-hybridized carbons (Fsp3) is 0.400. The summed E-state index contributed by atoms with van der Waals surface area (Å²) in [5.74, 6) is -1.10. The number of carbonyl (C=O) groups is 2. The standard InChI is InChI=1S/C20H25N3O4S2/c1-13-14(2)28-20(18(13)19(21)25)22-17(24)12-23(15-8-6-7-9-15)29(26,27)16-10-4-3-5-11-16/h3-5,10-11,15H,6-9,12H2,1-2H3,(H2,21,25)(H,22,24). The molecule has 1 heterocycles. The number of nitrogens with two attached hydrogens (primary N) is 1. The largest absolute Gasteiger partial charge is 0.365 e. The minimum Gasteiger partial charge on any atom is -0.365 e. The quantitative estimate of drug-likeness (QED) is 0.696. The Kier molecular flexibility index (Phi) is 6.40. The molecule has 0 saturated heterocycles. The van der Waals surface area contributed by atoms with E-state index in [2.05, 4.69) is 5.32 Å². The molecular weight excluding hydrogens is 410 g/mol. The van der Waals surface area contributed by atoms with Gasteiger partial charge in [0, 0.05) is 10.9 Å². The second-order valence-corrected chi connectivity index (χ2v) is 10.3. The third-order valence-corrected chi connectivity index (χ3v) is 8.30. The zero-order valence-electron chi connectivity index (χ0n) is 16.5. The summed E-state index contributed by atoms with van der Waals surface area (Å²) in [6.07, 6.45) is 3.32. The monoisotopic (exact) mass is 435 g/mol. The van der Waals surface area contributed by atoms with Gasteiger partial charge < -0.3 is 11.1 Å². The van der Waals surface area contributed by atoms with Gasteiger partial charge in [-0.2, -0.15) is 4.31 Å². The number of anilines is 1. The van der Waals surface area contributed by atoms with Crippen molar-refractivity contribution >= 4 is 38.2 Å². The van der Waals surface area contributed by atoms with Gasteiger partial charge in [-0.3, -0.25) is 9.59 Å². The lowest BCUT2D eigenvalue weighted by Gasteiger charge is -2.27. The van der Waals surface area contributed by atoms with Crippen LogP contribution in [-0.2, 0) is 14.8 Å². The van der Waals surface area contributed by atoms with Gasteiger partial charge in [-0.25, -0.2) is 8.42 Å². The summed E-state index contributed by atoms with van der Waals surface area (Å²) in [4.78, 5) is 25.6. The zero-order valence-corrected chi connectivity index (χ0v) is 18.1. The summed E-state index contributed by atoms with van der Waals surface area (Å²) in [6.45, 7) is 3.30. The predicted octanol–water partition coefficient (Wildman–Crippen LogP) is 3.04. The van der Waals surface area contributed by atoms with Gasteiger partial charge in [0.2, 0.25) is 15.9 Å². The molecule has 156 valence electrons. The third-order valence-electron chi connectivity index (χ3n) is 5.27. The van der Waals surface area contributed by atoms with E-state index >= 15 is 0 Å². The van der Waals surface area contributed by atoms with Gasteiger partial charge >= 0.3 is 0 Å². The molecule has 0 atom stereocenters. The molecule has 0 bridgehead atoms. The first-order valence-corrected chi connectivity index (χ1v) is 11.7. The predicted molar refractivity (Wildman–Crippen MR) is 114 cm³/mol. The first-order valence-electron chi connectivity index (χ1n) is 9.48. The van der Waals surface area contributed by atoms with Gasteiger partial charge in [0.15, 0.2) is 0 Å². The number of thiophene rings is 1. The molecule has 29 heavy (non-hydrogen) atoms. The highest BCUT2D eigenvalue weighted by molar-refractivity contribution is 7.89. The Balaban J connectivity index is 1.87. The van der Waals surface area contributed by atoms with Crippen LogP contribution in [0.3, 0.4) is 0 Å². The first kappa shape index (κ1) is 21.5. The van der Waals surface area contributed by atoms with Crippen molar-refractivity contribution in [1.82, 2.24) is 4.31 Å². The number of hydrogen-bond donors (Lipinski definition) is 2. The van der Waals surface area contributed by atoms with Crippen LogP contribution in [0.4, 0.5) is 5.00 Å². The average molecular weight is 436 g/mol. The molecule has 9 heteroatoms. The summed E-state index contributed by atoms with van der Waals surface area (Å²) in [5, 5.41) is 3.07.